The van der Waals surface area contributed by atoms with Gasteiger partial charge >= 0.3 is 12.1 Å². The highest BCUT2D eigenvalue weighted by molar-refractivity contribution is 6.31. The number of alkyl halides is 3. The lowest BCUT2D eigenvalue weighted by Gasteiger charge is -2.09. The molecule has 2 aromatic heterocycles. The second-order valence-corrected chi connectivity index (χ2v) is 5.97. The van der Waals surface area contributed by atoms with Crippen LogP contribution >= 0.6 is 11.6 Å². The average molecular weight is 398 g/mol. The van der Waals surface area contributed by atoms with Crippen LogP contribution in [0.4, 0.5) is 13.2 Å². The normalized spacial score (nSPS) is 11.6. The van der Waals surface area contributed by atoms with Gasteiger partial charge in [-0.15, -0.1) is 0 Å². The number of hydrogen-bond donors (Lipinski definition) is 1. The highest BCUT2D eigenvalue weighted by Crippen LogP contribution is 2.31. The van der Waals surface area contributed by atoms with Gasteiger partial charge in [0, 0.05) is 12.6 Å². The van der Waals surface area contributed by atoms with Gasteiger partial charge in [0.1, 0.15) is 5.82 Å². The number of nitrogens with one attached hydrogen (secondary N) is 1. The van der Waals surface area contributed by atoms with E-state index in [4.69, 9.17) is 11.6 Å². The van der Waals surface area contributed by atoms with E-state index in [-0.39, 0.29) is 39.4 Å². The molecule has 0 aliphatic rings. The van der Waals surface area contributed by atoms with Gasteiger partial charge in [-0.05, 0) is 24.3 Å². The smallest absolute Gasteiger partial charge is 0.417 e. The second kappa shape index (κ2) is 6.99. The van der Waals surface area contributed by atoms with Crippen LogP contribution in [0.3, 0.4) is 0 Å². The molecular formula is C17H11ClF3N3O3. The lowest BCUT2D eigenvalue weighted by atomic mass is 10.1. The summed E-state index contributed by atoms with van der Waals surface area (Å²) in [6, 6.07) is 5.01. The number of nitrogens with zero attached hydrogens (tertiary/aromatic N) is 2. The number of methoxy groups -OCH3 is 1. The summed E-state index contributed by atoms with van der Waals surface area (Å²) >= 11 is 5.89. The molecule has 27 heavy (non-hydrogen) atoms. The molecule has 0 saturated heterocycles. The highest BCUT2D eigenvalue weighted by Gasteiger charge is 2.31. The number of carbonyl (C=O) groups is 1. The summed E-state index contributed by atoms with van der Waals surface area (Å²) in [6.45, 7) is 0. The number of ether oxygens (including phenoxy) is 1. The quantitative estimate of drug-likeness (QED) is 0.685. The molecule has 0 unspecified atom stereocenters. The molecule has 0 fully saturated rings. The van der Waals surface area contributed by atoms with Crippen LogP contribution in [0.25, 0.3) is 10.9 Å². The van der Waals surface area contributed by atoms with Crippen LogP contribution in [0.1, 0.15) is 27.4 Å². The van der Waals surface area contributed by atoms with Crippen molar-refractivity contribution in [3.05, 3.63) is 68.5 Å². The Balaban J connectivity index is 2.00. The van der Waals surface area contributed by atoms with Crippen LogP contribution in [0.5, 0.6) is 0 Å². The molecule has 6 nitrogen and oxygen atoms in total. The lowest BCUT2D eigenvalue weighted by Crippen LogP contribution is -2.14. The summed E-state index contributed by atoms with van der Waals surface area (Å²) in [6.07, 6.45) is -3.99. The van der Waals surface area contributed by atoms with Crippen LogP contribution in [0.15, 0.2) is 35.3 Å². The van der Waals surface area contributed by atoms with Crippen LogP contribution in [0, 0.1) is 0 Å². The summed E-state index contributed by atoms with van der Waals surface area (Å²) in [5, 5.41) is 0.0498. The lowest BCUT2D eigenvalue weighted by molar-refractivity contribution is -0.137. The third-order valence-electron chi connectivity index (χ3n) is 3.76. The minimum Gasteiger partial charge on any atom is -0.465 e. The average Bonchev–Trinajstić information content (AvgIpc) is 2.61. The maximum Gasteiger partial charge on any atom is 0.417 e. The van der Waals surface area contributed by atoms with Crippen molar-refractivity contribution in [1.82, 2.24) is 15.0 Å². The molecule has 0 atom stereocenters. The largest absolute Gasteiger partial charge is 0.465 e. The van der Waals surface area contributed by atoms with E-state index >= 15 is 0 Å². The third kappa shape index (κ3) is 3.92. The van der Waals surface area contributed by atoms with Gasteiger partial charge in [-0.1, -0.05) is 11.6 Å². The van der Waals surface area contributed by atoms with Crippen LogP contribution in [0.2, 0.25) is 5.02 Å². The summed E-state index contributed by atoms with van der Waals surface area (Å²) in [5.41, 5.74) is -0.871. The Morgan fingerprint density at radius 2 is 2.04 bits per heavy atom. The predicted octanol–water partition coefficient (Wildman–Crippen LogP) is 3.37. The molecule has 0 bridgehead atoms. The molecule has 0 aliphatic carbocycles. The summed E-state index contributed by atoms with van der Waals surface area (Å²) in [7, 11) is 1.22. The molecule has 2 heterocycles. The Morgan fingerprint density at radius 1 is 1.30 bits per heavy atom. The summed E-state index contributed by atoms with van der Waals surface area (Å²) in [4.78, 5) is 34.3. The molecule has 0 aliphatic heterocycles. The van der Waals surface area contributed by atoms with E-state index in [9.17, 15) is 22.8 Å². The number of fused-ring (bicyclic) bond motifs is 1. The molecule has 10 heteroatoms. The number of halogens is 4. The Bertz CT molecular complexity index is 1100. The zero-order chi connectivity index (χ0) is 19.8. The van der Waals surface area contributed by atoms with Crippen molar-refractivity contribution in [2.75, 3.05) is 7.11 Å². The second-order valence-electron chi connectivity index (χ2n) is 5.56. The molecule has 140 valence electrons. The first kappa shape index (κ1) is 18.8. The number of pyridine rings is 1. The van der Waals surface area contributed by atoms with Crippen LogP contribution in [-0.4, -0.2) is 28.0 Å². The third-order valence-corrected chi connectivity index (χ3v) is 4.08. The minimum atomic E-state index is -4.56. The molecule has 0 amide bonds. The Labute approximate surface area is 155 Å². The zero-order valence-electron chi connectivity index (χ0n) is 13.7. The Hall–Kier alpha value is -2.94. The molecule has 3 aromatic rings. The van der Waals surface area contributed by atoms with E-state index in [0.29, 0.717) is 6.20 Å². The first-order valence-electron chi connectivity index (χ1n) is 7.52. The molecule has 1 aromatic carbocycles. The number of hydrogen-bond acceptors (Lipinski definition) is 5. The van der Waals surface area contributed by atoms with E-state index in [1.54, 1.807) is 0 Å². The zero-order valence-corrected chi connectivity index (χ0v) is 14.5. The van der Waals surface area contributed by atoms with Gasteiger partial charge in [0.15, 0.2) is 0 Å². The van der Waals surface area contributed by atoms with Gasteiger partial charge in [0.25, 0.3) is 5.56 Å². The molecule has 0 saturated carbocycles. The van der Waals surface area contributed by atoms with Gasteiger partial charge < -0.3 is 9.72 Å². The van der Waals surface area contributed by atoms with Gasteiger partial charge in [-0.25, -0.2) is 9.78 Å². The fraction of sp³-hybridized carbons (Fsp3) is 0.176. The standard InChI is InChI=1S/C17H11ClF3N3O3/c1-27-16(26)8-2-3-10-12(4-8)23-14(24-15(10)25)6-13-11(18)5-9(7-22-13)17(19,20)21/h2-5,7H,6H2,1H3,(H,23,24,25). The van der Waals surface area contributed by atoms with Crippen LogP contribution < -0.4 is 5.56 Å². The van der Waals surface area contributed by atoms with Crippen molar-refractivity contribution in [3.8, 4) is 0 Å². The molecule has 0 spiro atoms. The topological polar surface area (TPSA) is 84.9 Å². The fourth-order valence-corrected chi connectivity index (χ4v) is 2.66. The van der Waals surface area contributed by atoms with Crippen molar-refractivity contribution in [2.24, 2.45) is 0 Å². The van der Waals surface area contributed by atoms with Crippen molar-refractivity contribution < 1.29 is 22.7 Å². The van der Waals surface area contributed by atoms with E-state index in [0.717, 1.165) is 6.07 Å². The van der Waals surface area contributed by atoms with E-state index in [2.05, 4.69) is 19.7 Å². The molecule has 1 N–H and O–H groups in total. The number of H-pyrrole nitrogens is 1. The first-order chi connectivity index (χ1) is 12.7. The number of rotatable bonds is 3. The van der Waals surface area contributed by atoms with Crippen LogP contribution in [-0.2, 0) is 17.3 Å². The first-order valence-corrected chi connectivity index (χ1v) is 7.89. The van der Waals surface area contributed by atoms with E-state index < -0.39 is 23.3 Å². The molecule has 3 rings (SSSR count). The fourth-order valence-electron chi connectivity index (χ4n) is 2.43. The van der Waals surface area contributed by atoms with E-state index in [1.165, 1.54) is 25.3 Å². The molecular weight excluding hydrogens is 387 g/mol. The maximum atomic E-state index is 12.7. The Morgan fingerprint density at radius 3 is 2.67 bits per heavy atom. The number of carbonyl (C=O) groups excluding carboxylic acids is 1. The maximum absolute atomic E-state index is 12.7. The van der Waals surface area contributed by atoms with Crippen molar-refractivity contribution in [1.29, 1.82) is 0 Å². The molecule has 0 radical (unpaired) electrons. The van der Waals surface area contributed by atoms with Crippen molar-refractivity contribution in [2.45, 2.75) is 12.6 Å². The number of esters is 1. The Kier molecular flexibility index (Phi) is 4.88. The van der Waals surface area contributed by atoms with Crippen molar-refractivity contribution >= 4 is 28.5 Å². The van der Waals surface area contributed by atoms with Crippen molar-refractivity contribution in [3.63, 3.8) is 0 Å². The predicted molar refractivity (Wildman–Crippen MR) is 90.8 cm³/mol. The monoisotopic (exact) mass is 397 g/mol. The number of aromatic nitrogens is 3. The number of benzene rings is 1. The highest BCUT2D eigenvalue weighted by atomic mass is 35.5. The van der Waals surface area contributed by atoms with E-state index in [1.807, 2.05) is 0 Å². The minimum absolute atomic E-state index is 0.0927. The number of aromatic amines is 1. The van der Waals surface area contributed by atoms with Gasteiger partial charge in [-0.2, -0.15) is 13.2 Å². The summed E-state index contributed by atoms with van der Waals surface area (Å²) < 4.78 is 42.7. The van der Waals surface area contributed by atoms with Gasteiger partial charge in [0.05, 0.1) is 39.9 Å². The van der Waals surface area contributed by atoms with Gasteiger partial charge in [-0.3, -0.25) is 9.78 Å². The SMILES string of the molecule is COC(=O)c1ccc2c(=O)[nH]c(Cc3ncc(C(F)(F)F)cc3Cl)nc2c1. The summed E-state index contributed by atoms with van der Waals surface area (Å²) in [5.74, 6) is -0.448. The van der Waals surface area contributed by atoms with Gasteiger partial charge in [0.2, 0.25) is 0 Å².